The van der Waals surface area contributed by atoms with Crippen LogP contribution in [0.5, 0.6) is 0 Å². The van der Waals surface area contributed by atoms with Gasteiger partial charge >= 0.3 is 6.09 Å². The number of hydrogen-bond donors (Lipinski definition) is 0. The fraction of sp³-hybridized carbons (Fsp3) is 0.636. The van der Waals surface area contributed by atoms with Gasteiger partial charge in [0.05, 0.1) is 0 Å². The van der Waals surface area contributed by atoms with E-state index in [9.17, 15) is 14.0 Å². The highest BCUT2D eigenvalue weighted by atomic mass is 35.5. The molecular weight excluding hydrogens is 409 g/mol. The predicted octanol–water partition coefficient (Wildman–Crippen LogP) is 3.77. The topological polar surface area (TPSA) is 53.1 Å². The number of amides is 2. The maximum atomic E-state index is 13.2. The van der Waals surface area contributed by atoms with Gasteiger partial charge in [-0.1, -0.05) is 17.7 Å². The maximum absolute atomic E-state index is 13.2. The van der Waals surface area contributed by atoms with Crippen LogP contribution >= 0.6 is 11.6 Å². The number of nitrogens with zero attached hydrogens (tertiary/aromatic N) is 3. The number of carbonyl (C=O) groups excluding carboxylic acids is 2. The number of piperazine rings is 1. The van der Waals surface area contributed by atoms with Crippen LogP contribution in [0.4, 0.5) is 9.18 Å². The van der Waals surface area contributed by atoms with E-state index >= 15 is 0 Å². The number of benzene rings is 1. The quantitative estimate of drug-likeness (QED) is 0.719. The minimum atomic E-state index is -0.512. The van der Waals surface area contributed by atoms with Gasteiger partial charge in [0.2, 0.25) is 5.91 Å². The van der Waals surface area contributed by atoms with Crippen LogP contribution in [-0.2, 0) is 16.1 Å². The molecule has 3 rings (SSSR count). The molecule has 1 aromatic rings. The Balaban J connectivity index is 1.44. The number of rotatable bonds is 3. The zero-order valence-corrected chi connectivity index (χ0v) is 18.8. The first kappa shape index (κ1) is 22.8. The Labute approximate surface area is 182 Å². The summed E-state index contributed by atoms with van der Waals surface area (Å²) in [7, 11) is 0. The van der Waals surface area contributed by atoms with Gasteiger partial charge < -0.3 is 14.5 Å². The van der Waals surface area contributed by atoms with Gasteiger partial charge in [0.15, 0.2) is 0 Å². The molecule has 2 aliphatic rings. The highest BCUT2D eigenvalue weighted by Gasteiger charge is 2.33. The lowest BCUT2D eigenvalue weighted by molar-refractivity contribution is -0.139. The van der Waals surface area contributed by atoms with Crippen molar-refractivity contribution in [2.45, 2.75) is 45.8 Å². The lowest BCUT2D eigenvalue weighted by atomic mass is 9.95. The molecule has 0 radical (unpaired) electrons. The molecule has 0 saturated carbocycles. The summed E-state index contributed by atoms with van der Waals surface area (Å²) < 4.78 is 18.6. The zero-order valence-electron chi connectivity index (χ0n) is 18.0. The number of halogens is 2. The summed E-state index contributed by atoms with van der Waals surface area (Å²) in [5.74, 6) is -0.197. The first-order valence-corrected chi connectivity index (χ1v) is 10.9. The van der Waals surface area contributed by atoms with E-state index < -0.39 is 5.60 Å². The van der Waals surface area contributed by atoms with Crippen molar-refractivity contribution < 1.29 is 18.7 Å². The van der Waals surface area contributed by atoms with E-state index in [0.29, 0.717) is 50.6 Å². The Morgan fingerprint density at radius 2 is 1.70 bits per heavy atom. The monoisotopic (exact) mass is 439 g/mol. The summed E-state index contributed by atoms with van der Waals surface area (Å²) in [6.07, 6.45) is 1.04. The van der Waals surface area contributed by atoms with Crippen molar-refractivity contribution in [1.82, 2.24) is 14.7 Å². The van der Waals surface area contributed by atoms with E-state index in [0.717, 1.165) is 18.7 Å². The smallest absolute Gasteiger partial charge is 0.410 e. The number of ether oxygens (including phenoxy) is 1. The molecule has 1 aromatic carbocycles. The van der Waals surface area contributed by atoms with Crippen molar-refractivity contribution in [1.29, 1.82) is 0 Å². The second-order valence-electron chi connectivity index (χ2n) is 9.08. The van der Waals surface area contributed by atoms with Crippen LogP contribution in [0.15, 0.2) is 18.2 Å². The SMILES string of the molecule is CC(C)(C)OC(=O)N1CCC(C(=O)N2CCN(Cc3ccc(F)cc3Cl)CC2)CC1. The van der Waals surface area contributed by atoms with Crippen molar-refractivity contribution in [2.24, 2.45) is 5.92 Å². The van der Waals surface area contributed by atoms with Gasteiger partial charge in [0.25, 0.3) is 0 Å². The Bertz CT molecular complexity index is 767. The van der Waals surface area contributed by atoms with Crippen molar-refractivity contribution in [3.63, 3.8) is 0 Å². The van der Waals surface area contributed by atoms with Crippen LogP contribution in [-0.4, -0.2) is 71.6 Å². The average molecular weight is 440 g/mol. The summed E-state index contributed by atoms with van der Waals surface area (Å²) in [5, 5.41) is 0.435. The summed E-state index contributed by atoms with van der Waals surface area (Å²) in [4.78, 5) is 31.0. The van der Waals surface area contributed by atoms with E-state index in [-0.39, 0.29) is 23.7 Å². The third kappa shape index (κ3) is 6.08. The normalized spacial score (nSPS) is 19.1. The predicted molar refractivity (Wildman–Crippen MR) is 114 cm³/mol. The van der Waals surface area contributed by atoms with Crippen molar-refractivity contribution in [3.8, 4) is 0 Å². The molecule has 2 fully saturated rings. The fourth-order valence-corrected chi connectivity index (χ4v) is 4.14. The van der Waals surface area contributed by atoms with Crippen molar-refractivity contribution in [2.75, 3.05) is 39.3 Å². The van der Waals surface area contributed by atoms with E-state index in [1.807, 2.05) is 25.7 Å². The summed E-state index contributed by atoms with van der Waals surface area (Å²) in [6.45, 7) is 10.2. The Hall–Kier alpha value is -1.86. The molecule has 166 valence electrons. The number of hydrogen-bond acceptors (Lipinski definition) is 4. The zero-order chi connectivity index (χ0) is 21.9. The molecule has 8 heteroatoms. The molecule has 6 nitrogen and oxygen atoms in total. The van der Waals surface area contributed by atoms with Gasteiger partial charge in [-0.3, -0.25) is 9.69 Å². The highest BCUT2D eigenvalue weighted by Crippen LogP contribution is 2.23. The van der Waals surface area contributed by atoms with E-state index in [2.05, 4.69) is 4.90 Å². The standard InChI is InChI=1S/C22H31ClFN3O3/c1-22(2,3)30-21(29)27-8-6-16(7-9-27)20(28)26-12-10-25(11-13-26)15-17-4-5-18(24)14-19(17)23/h4-5,14,16H,6-13,15H2,1-3H3. The van der Waals surface area contributed by atoms with Crippen LogP contribution < -0.4 is 0 Å². The summed E-state index contributed by atoms with van der Waals surface area (Å²) >= 11 is 6.13. The molecule has 2 aliphatic heterocycles. The Morgan fingerprint density at radius 1 is 1.07 bits per heavy atom. The molecule has 0 unspecified atom stereocenters. The molecule has 2 heterocycles. The molecule has 0 aliphatic carbocycles. The van der Waals surface area contributed by atoms with E-state index in [1.165, 1.54) is 12.1 Å². The van der Waals surface area contributed by atoms with Gasteiger partial charge in [-0.2, -0.15) is 0 Å². The van der Waals surface area contributed by atoms with Gasteiger partial charge in [-0.05, 0) is 51.3 Å². The van der Waals surface area contributed by atoms with Crippen LogP contribution in [0.1, 0.15) is 39.2 Å². The van der Waals surface area contributed by atoms with Crippen LogP contribution in [0, 0.1) is 11.7 Å². The number of carbonyl (C=O) groups is 2. The number of piperidine rings is 1. The second-order valence-corrected chi connectivity index (χ2v) is 9.49. The van der Waals surface area contributed by atoms with Gasteiger partial charge in [0.1, 0.15) is 11.4 Å². The summed E-state index contributed by atoms with van der Waals surface area (Å²) in [5.41, 5.74) is 0.383. The minimum absolute atomic E-state index is 0.0400. The highest BCUT2D eigenvalue weighted by molar-refractivity contribution is 6.31. The Kier molecular flexibility index (Phi) is 7.24. The van der Waals surface area contributed by atoms with Gasteiger partial charge in [0, 0.05) is 56.8 Å². The second kappa shape index (κ2) is 9.52. The first-order chi connectivity index (χ1) is 14.1. The lowest BCUT2D eigenvalue weighted by Gasteiger charge is -2.38. The molecule has 0 aromatic heterocycles. The van der Waals surface area contributed by atoms with E-state index in [1.54, 1.807) is 11.0 Å². The third-order valence-electron chi connectivity index (χ3n) is 5.59. The summed E-state index contributed by atoms with van der Waals surface area (Å²) in [6, 6.07) is 4.47. The third-order valence-corrected chi connectivity index (χ3v) is 5.94. The van der Waals surface area contributed by atoms with Crippen LogP contribution in [0.3, 0.4) is 0 Å². The van der Waals surface area contributed by atoms with Crippen LogP contribution in [0.2, 0.25) is 5.02 Å². The molecule has 2 saturated heterocycles. The molecule has 0 bridgehead atoms. The largest absolute Gasteiger partial charge is 0.444 e. The minimum Gasteiger partial charge on any atom is -0.444 e. The van der Waals surface area contributed by atoms with E-state index in [4.69, 9.17) is 16.3 Å². The van der Waals surface area contributed by atoms with Crippen molar-refractivity contribution in [3.05, 3.63) is 34.6 Å². The maximum Gasteiger partial charge on any atom is 0.410 e. The number of likely N-dealkylation sites (tertiary alicyclic amines) is 1. The van der Waals surface area contributed by atoms with Crippen molar-refractivity contribution >= 4 is 23.6 Å². The lowest BCUT2D eigenvalue weighted by Crippen LogP contribution is -2.51. The average Bonchev–Trinajstić information content (AvgIpc) is 2.69. The first-order valence-electron chi connectivity index (χ1n) is 10.6. The molecule has 0 N–H and O–H groups in total. The fourth-order valence-electron chi connectivity index (χ4n) is 3.91. The Morgan fingerprint density at radius 3 is 2.27 bits per heavy atom. The molecule has 0 atom stereocenters. The molecule has 30 heavy (non-hydrogen) atoms. The van der Waals surface area contributed by atoms with Crippen LogP contribution in [0.25, 0.3) is 0 Å². The molecular formula is C22H31ClFN3O3. The van der Waals surface area contributed by atoms with Gasteiger partial charge in [-0.25, -0.2) is 9.18 Å². The molecule has 2 amide bonds. The molecule has 0 spiro atoms. The van der Waals surface area contributed by atoms with Gasteiger partial charge in [-0.15, -0.1) is 0 Å².